The number of hydrogen-bond donors (Lipinski definition) is 6. The minimum atomic E-state index is -4.94. The minimum Gasteiger partial charge on any atom is -0.504 e. The van der Waals surface area contributed by atoms with E-state index in [1.54, 1.807) is 30.3 Å². The van der Waals surface area contributed by atoms with Gasteiger partial charge in [-0.25, -0.2) is 10.1 Å². The average molecular weight is 684 g/mol. The zero-order chi connectivity index (χ0) is 32.7. The average Bonchev–Trinajstić information content (AvgIpc) is 3.00. The van der Waals surface area contributed by atoms with Gasteiger partial charge in [-0.2, -0.15) is 32.3 Å². The molecule has 0 fully saturated rings. The van der Waals surface area contributed by atoms with Gasteiger partial charge in [0, 0.05) is 10.5 Å². The van der Waals surface area contributed by atoms with Crippen molar-refractivity contribution in [2.45, 2.75) is 9.79 Å². The molecule has 6 N–H and O–H groups in total. The number of carboxylic acids is 1. The van der Waals surface area contributed by atoms with Crippen LogP contribution in [0.25, 0.3) is 0 Å². The molecule has 4 rings (SSSR count). The molecule has 0 radical (unpaired) electrons. The van der Waals surface area contributed by atoms with Crippen molar-refractivity contribution in [1.29, 1.82) is 0 Å². The Kier molecular flexibility index (Phi) is 10.5. The first kappa shape index (κ1) is 33.1. The highest BCUT2D eigenvalue weighted by Gasteiger charge is 2.21. The number of phenolic OH excluding ortho intramolecular Hbond substituents is 1. The number of hydrazone groups is 1. The zero-order valence-electron chi connectivity index (χ0n) is 21.8. The minimum absolute atomic E-state index is 0.0238. The summed E-state index contributed by atoms with van der Waals surface area (Å²) in [5, 5.41) is 45.6. The number of phenols is 1. The Bertz CT molecular complexity index is 1920. The van der Waals surface area contributed by atoms with E-state index in [0.717, 1.165) is 6.07 Å². The van der Waals surface area contributed by atoms with Crippen molar-refractivity contribution in [3.05, 3.63) is 88.8 Å². The number of carbonyl (C=O) groups is 1. The molecule has 1 heterocycles. The van der Waals surface area contributed by atoms with Crippen LogP contribution in [0.5, 0.6) is 5.75 Å². The summed E-state index contributed by atoms with van der Waals surface area (Å²) in [7, 11) is -4.94. The lowest BCUT2D eigenvalue weighted by molar-refractivity contribution is -0.432. The smallest absolute Gasteiger partial charge is 0.337 e. The number of azo groups is 1. The van der Waals surface area contributed by atoms with Gasteiger partial charge in [0.15, 0.2) is 11.6 Å². The summed E-state index contributed by atoms with van der Waals surface area (Å²) in [4.78, 5) is 17.3. The summed E-state index contributed by atoms with van der Waals surface area (Å²) < 4.78 is 65.3. The molecule has 0 saturated heterocycles. The van der Waals surface area contributed by atoms with Crippen LogP contribution < -0.4 is 10.7 Å². The van der Waals surface area contributed by atoms with Crippen LogP contribution in [0.15, 0.2) is 85.8 Å². The van der Waals surface area contributed by atoms with Gasteiger partial charge in [0.05, 0.1) is 33.9 Å². The van der Waals surface area contributed by atoms with Crippen molar-refractivity contribution in [1.82, 2.24) is 9.97 Å². The fourth-order valence-electron chi connectivity index (χ4n) is 3.37. The van der Waals surface area contributed by atoms with Crippen LogP contribution in [0, 0.1) is 12.0 Å². The first-order chi connectivity index (χ1) is 21.4. The van der Waals surface area contributed by atoms with E-state index < -0.39 is 61.0 Å². The summed E-state index contributed by atoms with van der Waals surface area (Å²) in [5.74, 6) is -4.55. The Morgan fingerprint density at radius 1 is 1.04 bits per heavy atom. The molecule has 21 heteroatoms. The molecule has 0 aliphatic carbocycles. The van der Waals surface area contributed by atoms with Gasteiger partial charge >= 0.3 is 12.0 Å². The van der Waals surface area contributed by atoms with Gasteiger partial charge in [-0.1, -0.05) is 47.0 Å². The molecule has 234 valence electrons. The molecule has 45 heavy (non-hydrogen) atoms. The molecule has 0 amide bonds. The van der Waals surface area contributed by atoms with Gasteiger partial charge in [-0.15, -0.1) is 14.6 Å². The molecule has 0 atom stereocenters. The molecule has 0 bridgehead atoms. The molecule has 0 unspecified atom stereocenters. The van der Waals surface area contributed by atoms with E-state index in [9.17, 15) is 36.8 Å². The number of nitrogens with one attached hydrogen (secondary N) is 2. The zero-order valence-corrected chi connectivity index (χ0v) is 24.2. The van der Waals surface area contributed by atoms with Crippen LogP contribution in [0.1, 0.15) is 15.9 Å². The molecule has 4 aromatic rings. The predicted octanol–water partition coefficient (Wildman–Crippen LogP) is 5.79. The SMILES string of the molecule is O=C(O)c1cc(SOOO)ccc1N/N=C(\N=Nc1cc(S(=O)(=O)O)cc(Nc2nc(F)nc(F)c2Cl)c1O)c1ccccc1. The number of aromatic carboxylic acids is 1. The molecule has 0 aliphatic rings. The molecule has 1 aromatic heterocycles. The van der Waals surface area contributed by atoms with Crippen molar-refractivity contribution in [2.24, 2.45) is 15.3 Å². The summed E-state index contributed by atoms with van der Waals surface area (Å²) in [6.07, 6.45) is -1.53. The number of aromatic hydroxyl groups is 1. The number of carboxylic acid groups (broad SMARTS) is 1. The summed E-state index contributed by atoms with van der Waals surface area (Å²) in [6.45, 7) is 0. The largest absolute Gasteiger partial charge is 0.504 e. The van der Waals surface area contributed by atoms with Gasteiger partial charge in [0.2, 0.25) is 11.8 Å². The summed E-state index contributed by atoms with van der Waals surface area (Å²) in [6, 6.07) is 13.3. The molecule has 0 saturated carbocycles. The van der Waals surface area contributed by atoms with Crippen LogP contribution in [-0.2, 0) is 19.5 Å². The quantitative estimate of drug-likeness (QED) is 0.0105. The molecular formula is C24H16ClF2N7O9S2. The maximum absolute atomic E-state index is 13.8. The molecule has 0 spiro atoms. The second-order valence-corrected chi connectivity index (χ2v) is 10.8. The normalized spacial score (nSPS) is 12.0. The van der Waals surface area contributed by atoms with E-state index in [2.05, 4.69) is 45.4 Å². The Morgan fingerprint density at radius 3 is 2.44 bits per heavy atom. The van der Waals surface area contributed by atoms with Gasteiger partial charge in [-0.05, 0) is 30.3 Å². The third-order valence-corrected chi connectivity index (χ3v) is 7.09. The number of amidine groups is 1. The monoisotopic (exact) mass is 683 g/mol. The molecular weight excluding hydrogens is 668 g/mol. The van der Waals surface area contributed by atoms with E-state index in [1.807, 2.05) is 0 Å². The van der Waals surface area contributed by atoms with Crippen molar-refractivity contribution in [3.63, 3.8) is 0 Å². The maximum atomic E-state index is 13.8. The van der Waals surface area contributed by atoms with E-state index in [-0.39, 0.29) is 22.0 Å². The summed E-state index contributed by atoms with van der Waals surface area (Å²) >= 11 is 6.27. The topological polar surface area (TPSA) is 238 Å². The highest BCUT2D eigenvalue weighted by atomic mass is 35.5. The number of hydrogen-bond acceptors (Lipinski definition) is 14. The molecule has 16 nitrogen and oxygen atoms in total. The first-order valence-corrected chi connectivity index (χ1v) is 14.3. The molecule has 3 aromatic carbocycles. The number of aromatic nitrogens is 2. The van der Waals surface area contributed by atoms with E-state index in [0.29, 0.717) is 23.7 Å². The second-order valence-electron chi connectivity index (χ2n) is 8.24. The second kappa shape index (κ2) is 14.3. The van der Waals surface area contributed by atoms with E-state index >= 15 is 0 Å². The van der Waals surface area contributed by atoms with Crippen LogP contribution in [0.4, 0.5) is 31.7 Å². The lowest BCUT2D eigenvalue weighted by Gasteiger charge is -2.12. The Balaban J connectivity index is 1.77. The number of halogens is 3. The van der Waals surface area contributed by atoms with Gasteiger partial charge < -0.3 is 15.5 Å². The van der Waals surface area contributed by atoms with Crippen LogP contribution in [-0.4, -0.2) is 50.2 Å². The fraction of sp³-hybridized carbons (Fsp3) is 0. The Hall–Kier alpha value is -4.83. The lowest BCUT2D eigenvalue weighted by atomic mass is 10.2. The highest BCUT2D eigenvalue weighted by molar-refractivity contribution is 7.94. The van der Waals surface area contributed by atoms with Gasteiger partial charge in [0.25, 0.3) is 10.1 Å². The summed E-state index contributed by atoms with van der Waals surface area (Å²) in [5.41, 5.74) is 1.41. The number of benzene rings is 3. The number of anilines is 3. The van der Waals surface area contributed by atoms with Crippen molar-refractivity contribution in [3.8, 4) is 5.75 Å². The maximum Gasteiger partial charge on any atom is 0.337 e. The van der Waals surface area contributed by atoms with Gasteiger partial charge in [0.1, 0.15) is 10.7 Å². The van der Waals surface area contributed by atoms with Crippen LogP contribution in [0.3, 0.4) is 0 Å². The van der Waals surface area contributed by atoms with Gasteiger partial charge in [-0.3, -0.25) is 9.98 Å². The Labute approximate surface area is 259 Å². The fourth-order valence-corrected chi connectivity index (χ4v) is 4.43. The number of nitrogens with zero attached hydrogens (tertiary/aromatic N) is 5. The standard InChI is InChI=1S/C24H16ClF2N7O9S2/c25-18-20(26)29-24(27)30-22(18)28-16-9-13(45(39,40)41)10-17(19(16)35)32-34-21(11-4-2-1-3-5-11)33-31-15-7-6-12(44-43-42-38)8-14(15)23(36)37/h1-10,31,35,38H,(H,36,37)(H,28,29,30)(H,39,40,41)/b33-21-,34-32?. The van der Waals surface area contributed by atoms with Crippen molar-refractivity contribution in [2.75, 3.05) is 10.7 Å². The van der Waals surface area contributed by atoms with E-state index in [1.165, 1.54) is 18.2 Å². The third-order valence-electron chi connectivity index (χ3n) is 5.35. The van der Waals surface area contributed by atoms with Crippen LogP contribution in [0.2, 0.25) is 5.02 Å². The van der Waals surface area contributed by atoms with E-state index in [4.69, 9.17) is 16.9 Å². The van der Waals surface area contributed by atoms with Crippen molar-refractivity contribution < 1.29 is 51.4 Å². The Morgan fingerprint density at radius 2 is 1.78 bits per heavy atom. The highest BCUT2D eigenvalue weighted by Crippen LogP contribution is 2.40. The third kappa shape index (κ3) is 8.42. The predicted molar refractivity (Wildman–Crippen MR) is 153 cm³/mol. The van der Waals surface area contributed by atoms with Crippen molar-refractivity contribution >= 4 is 68.4 Å². The lowest BCUT2D eigenvalue weighted by Crippen LogP contribution is -2.06. The van der Waals surface area contributed by atoms with Crippen LogP contribution >= 0.6 is 23.6 Å². The molecule has 0 aliphatic heterocycles. The number of rotatable bonds is 11. The first-order valence-electron chi connectivity index (χ1n) is 11.7.